The molecule has 1 aliphatic carbocycles. The number of amides is 1. The molecule has 1 heterocycles. The van der Waals surface area contributed by atoms with Crippen molar-refractivity contribution in [1.82, 2.24) is 10.2 Å². The van der Waals surface area contributed by atoms with Crippen molar-refractivity contribution in [2.24, 2.45) is 5.92 Å². The van der Waals surface area contributed by atoms with Gasteiger partial charge in [0.15, 0.2) is 0 Å². The number of carbonyl (C=O) groups is 1. The van der Waals surface area contributed by atoms with Crippen LogP contribution in [0.5, 0.6) is 0 Å². The van der Waals surface area contributed by atoms with E-state index >= 15 is 0 Å². The molecular formula is C17H24N4O3. The van der Waals surface area contributed by atoms with Crippen LogP contribution in [0, 0.1) is 16.0 Å². The van der Waals surface area contributed by atoms with E-state index in [4.69, 9.17) is 0 Å². The van der Waals surface area contributed by atoms with Gasteiger partial charge in [0.1, 0.15) is 5.69 Å². The number of nitrogens with zero attached hydrogens (tertiary/aromatic N) is 2. The minimum Gasteiger partial charge on any atom is -0.377 e. The van der Waals surface area contributed by atoms with Crippen LogP contribution < -0.4 is 10.6 Å². The van der Waals surface area contributed by atoms with Gasteiger partial charge in [0.2, 0.25) is 0 Å². The number of benzene rings is 1. The Morgan fingerprint density at radius 3 is 2.83 bits per heavy atom. The predicted octanol–water partition coefficient (Wildman–Crippen LogP) is 2.24. The topological polar surface area (TPSA) is 87.5 Å². The number of hydrogen-bond donors (Lipinski definition) is 2. The van der Waals surface area contributed by atoms with E-state index in [2.05, 4.69) is 10.6 Å². The second-order valence-electron chi connectivity index (χ2n) is 6.72. The Bertz CT molecular complexity index is 628. The van der Waals surface area contributed by atoms with Crippen LogP contribution in [0.1, 0.15) is 36.0 Å². The van der Waals surface area contributed by atoms with Crippen LogP contribution in [0.2, 0.25) is 0 Å². The Hall–Kier alpha value is -2.15. The summed E-state index contributed by atoms with van der Waals surface area (Å²) in [7, 11) is 1.91. The zero-order valence-electron chi connectivity index (χ0n) is 14.0. The Morgan fingerprint density at radius 2 is 2.17 bits per heavy atom. The van der Waals surface area contributed by atoms with Crippen LogP contribution in [-0.2, 0) is 0 Å². The first kappa shape index (κ1) is 16.7. The molecule has 0 radical (unpaired) electrons. The van der Waals surface area contributed by atoms with Crippen LogP contribution in [0.3, 0.4) is 0 Å². The number of likely N-dealkylation sites (tertiary alicyclic amines) is 1. The van der Waals surface area contributed by atoms with E-state index in [0.717, 1.165) is 38.8 Å². The third kappa shape index (κ3) is 3.84. The van der Waals surface area contributed by atoms with Gasteiger partial charge in [-0.25, -0.2) is 0 Å². The molecule has 24 heavy (non-hydrogen) atoms. The lowest BCUT2D eigenvalue weighted by Gasteiger charge is -2.32. The number of nitro benzene ring substituents is 1. The van der Waals surface area contributed by atoms with E-state index < -0.39 is 4.92 Å². The molecular weight excluding hydrogens is 308 g/mol. The highest BCUT2D eigenvalue weighted by molar-refractivity contribution is 5.95. The molecule has 1 aromatic rings. The SMILES string of the molecule is CNCC1CCCN(C(=O)c2ccc(NC3CC3)c([N+](=O)[O-])c2)C1. The Morgan fingerprint density at radius 1 is 1.38 bits per heavy atom. The van der Waals surface area contributed by atoms with Crippen LogP contribution >= 0.6 is 0 Å². The number of carbonyl (C=O) groups excluding carboxylic acids is 1. The van der Waals surface area contributed by atoms with Crippen molar-refractivity contribution in [2.75, 3.05) is 32.0 Å². The average molecular weight is 332 g/mol. The summed E-state index contributed by atoms with van der Waals surface area (Å²) in [6.45, 7) is 2.30. The van der Waals surface area contributed by atoms with Crippen molar-refractivity contribution in [3.63, 3.8) is 0 Å². The lowest BCUT2D eigenvalue weighted by Crippen LogP contribution is -2.42. The molecule has 1 unspecified atom stereocenters. The van der Waals surface area contributed by atoms with E-state index in [9.17, 15) is 14.9 Å². The van der Waals surface area contributed by atoms with Crippen molar-refractivity contribution in [2.45, 2.75) is 31.7 Å². The molecule has 7 heteroatoms. The number of nitro groups is 1. The zero-order valence-corrected chi connectivity index (χ0v) is 14.0. The maximum atomic E-state index is 12.7. The fourth-order valence-corrected chi connectivity index (χ4v) is 3.27. The molecule has 0 spiro atoms. The third-order valence-electron chi connectivity index (χ3n) is 4.68. The Labute approximate surface area is 141 Å². The lowest BCUT2D eigenvalue weighted by atomic mass is 9.97. The number of rotatable bonds is 6. The molecule has 1 aromatic carbocycles. The van der Waals surface area contributed by atoms with Crippen LogP contribution in [0.15, 0.2) is 18.2 Å². The van der Waals surface area contributed by atoms with Gasteiger partial charge in [-0.15, -0.1) is 0 Å². The Balaban J connectivity index is 1.76. The van der Waals surface area contributed by atoms with Gasteiger partial charge in [0, 0.05) is 30.8 Å². The summed E-state index contributed by atoms with van der Waals surface area (Å²) in [5.41, 5.74) is 0.885. The van der Waals surface area contributed by atoms with Crippen molar-refractivity contribution in [3.8, 4) is 0 Å². The lowest BCUT2D eigenvalue weighted by molar-refractivity contribution is -0.384. The molecule has 2 aliphatic rings. The van der Waals surface area contributed by atoms with Gasteiger partial charge < -0.3 is 15.5 Å². The highest BCUT2D eigenvalue weighted by Crippen LogP contribution is 2.32. The second kappa shape index (κ2) is 7.17. The monoisotopic (exact) mass is 332 g/mol. The van der Waals surface area contributed by atoms with E-state index in [-0.39, 0.29) is 11.6 Å². The first-order chi connectivity index (χ1) is 11.6. The molecule has 3 rings (SSSR count). The molecule has 0 aromatic heterocycles. The average Bonchev–Trinajstić information content (AvgIpc) is 3.39. The molecule has 2 fully saturated rings. The summed E-state index contributed by atoms with van der Waals surface area (Å²) in [4.78, 5) is 25.5. The highest BCUT2D eigenvalue weighted by atomic mass is 16.6. The first-order valence-corrected chi connectivity index (χ1v) is 8.57. The Kier molecular flexibility index (Phi) is 4.99. The second-order valence-corrected chi connectivity index (χ2v) is 6.72. The highest BCUT2D eigenvalue weighted by Gasteiger charge is 2.28. The van der Waals surface area contributed by atoms with E-state index in [1.165, 1.54) is 6.07 Å². The minimum atomic E-state index is -0.415. The summed E-state index contributed by atoms with van der Waals surface area (Å²) in [5.74, 6) is 0.329. The van der Waals surface area contributed by atoms with Crippen LogP contribution in [0.4, 0.5) is 11.4 Å². The van der Waals surface area contributed by atoms with E-state index in [1.54, 1.807) is 12.1 Å². The summed E-state index contributed by atoms with van der Waals surface area (Å²) < 4.78 is 0. The summed E-state index contributed by atoms with van der Waals surface area (Å²) in [5, 5.41) is 17.7. The third-order valence-corrected chi connectivity index (χ3v) is 4.68. The van der Waals surface area contributed by atoms with Crippen LogP contribution in [-0.4, -0.2) is 48.5 Å². The smallest absolute Gasteiger partial charge is 0.293 e. The maximum Gasteiger partial charge on any atom is 0.293 e. The fraction of sp³-hybridized carbons (Fsp3) is 0.588. The maximum absolute atomic E-state index is 12.7. The number of hydrogen-bond acceptors (Lipinski definition) is 5. The molecule has 1 saturated heterocycles. The van der Waals surface area contributed by atoms with Gasteiger partial charge in [-0.3, -0.25) is 14.9 Å². The van der Waals surface area contributed by atoms with Gasteiger partial charge in [-0.2, -0.15) is 0 Å². The molecule has 0 bridgehead atoms. The van der Waals surface area contributed by atoms with Crippen molar-refractivity contribution in [3.05, 3.63) is 33.9 Å². The van der Waals surface area contributed by atoms with E-state index in [1.807, 2.05) is 11.9 Å². The largest absolute Gasteiger partial charge is 0.377 e. The normalized spacial score (nSPS) is 20.7. The van der Waals surface area contributed by atoms with Gasteiger partial charge in [0.25, 0.3) is 11.6 Å². The number of anilines is 1. The fourth-order valence-electron chi connectivity index (χ4n) is 3.27. The standard InChI is InChI=1S/C17H24N4O3/c1-18-10-12-3-2-8-20(11-12)17(22)13-4-7-15(19-14-5-6-14)16(9-13)21(23)24/h4,7,9,12,14,18-19H,2-3,5-6,8,10-11H2,1H3. The quantitative estimate of drug-likeness (QED) is 0.616. The van der Waals surface area contributed by atoms with Gasteiger partial charge in [0.05, 0.1) is 4.92 Å². The predicted molar refractivity (Wildman–Crippen MR) is 92.3 cm³/mol. The van der Waals surface area contributed by atoms with Crippen molar-refractivity contribution >= 4 is 17.3 Å². The van der Waals surface area contributed by atoms with Crippen LogP contribution in [0.25, 0.3) is 0 Å². The number of piperidine rings is 1. The molecule has 1 saturated carbocycles. The summed E-state index contributed by atoms with van der Waals surface area (Å²) in [6.07, 6.45) is 4.16. The van der Waals surface area contributed by atoms with Crippen molar-refractivity contribution in [1.29, 1.82) is 0 Å². The molecule has 1 atom stereocenters. The zero-order chi connectivity index (χ0) is 17.1. The summed E-state index contributed by atoms with van der Waals surface area (Å²) in [6, 6.07) is 5.10. The molecule has 130 valence electrons. The molecule has 1 amide bonds. The van der Waals surface area contributed by atoms with Gasteiger partial charge in [-0.1, -0.05) is 0 Å². The summed E-state index contributed by atoms with van der Waals surface area (Å²) >= 11 is 0. The van der Waals surface area contributed by atoms with Gasteiger partial charge in [-0.05, 0) is 57.3 Å². The number of nitrogens with one attached hydrogen (secondary N) is 2. The van der Waals surface area contributed by atoms with Gasteiger partial charge >= 0.3 is 0 Å². The molecule has 2 N–H and O–H groups in total. The first-order valence-electron chi connectivity index (χ1n) is 8.57. The minimum absolute atomic E-state index is 0.0171. The molecule has 7 nitrogen and oxygen atoms in total. The van der Waals surface area contributed by atoms with Crippen molar-refractivity contribution < 1.29 is 9.72 Å². The molecule has 1 aliphatic heterocycles. The van der Waals surface area contributed by atoms with E-state index in [0.29, 0.717) is 29.8 Å².